The van der Waals surface area contributed by atoms with Gasteiger partial charge in [0.2, 0.25) is 5.88 Å². The molecule has 0 amide bonds. The molecule has 19 heavy (non-hydrogen) atoms. The van der Waals surface area contributed by atoms with Gasteiger partial charge in [-0.2, -0.15) is 10.2 Å². The molecule has 0 N–H and O–H groups in total. The monoisotopic (exact) mass is 277 g/mol. The maximum absolute atomic E-state index is 12.1. The Morgan fingerprint density at radius 2 is 2.21 bits per heavy atom. The first-order valence-corrected chi connectivity index (χ1v) is 4.63. The van der Waals surface area contributed by atoms with Crippen LogP contribution in [0.15, 0.2) is 6.07 Å². The van der Waals surface area contributed by atoms with E-state index in [2.05, 4.69) is 14.5 Å². The number of rotatable bonds is 4. The predicted octanol–water partition coefficient (Wildman–Crippen LogP) is 1.96. The number of alkyl halides is 3. The van der Waals surface area contributed by atoms with E-state index in [-0.39, 0.29) is 11.4 Å². The number of nitrogens with zero attached hydrogens (tertiary/aromatic N) is 3. The highest BCUT2D eigenvalue weighted by molar-refractivity contribution is 5.52. The molecule has 0 saturated heterocycles. The van der Waals surface area contributed by atoms with Gasteiger partial charge in [-0.1, -0.05) is 0 Å². The Morgan fingerprint density at radius 1 is 1.58 bits per heavy atom. The molecule has 0 radical (unpaired) electrons. The maximum atomic E-state index is 12.1. The van der Waals surface area contributed by atoms with Crippen LogP contribution >= 0.6 is 0 Å². The van der Waals surface area contributed by atoms with Crippen LogP contribution in [-0.2, 0) is 6.42 Å². The highest BCUT2D eigenvalue weighted by Gasteiger charge is 2.37. The molecule has 0 bridgehead atoms. The molecule has 0 spiro atoms. The molecule has 0 aliphatic carbocycles. The van der Waals surface area contributed by atoms with Crippen molar-refractivity contribution in [1.82, 2.24) is 4.98 Å². The van der Waals surface area contributed by atoms with Gasteiger partial charge in [-0.3, -0.25) is 10.1 Å². The smallest absolute Gasteiger partial charge is 0.481 e. The van der Waals surface area contributed by atoms with Gasteiger partial charge in [-0.25, -0.2) is 0 Å². The average Bonchev–Trinajstić information content (AvgIpc) is 2.26. The quantitative estimate of drug-likeness (QED) is 0.616. The summed E-state index contributed by atoms with van der Waals surface area (Å²) < 4.78 is 44.5. The van der Waals surface area contributed by atoms with E-state index in [1.807, 2.05) is 0 Å². The molecule has 1 heterocycles. The fourth-order valence-electron chi connectivity index (χ4n) is 1.24. The molecule has 0 aliphatic heterocycles. The van der Waals surface area contributed by atoms with E-state index in [1.54, 1.807) is 6.07 Å². The van der Waals surface area contributed by atoms with E-state index in [0.29, 0.717) is 0 Å². The van der Waals surface area contributed by atoms with Gasteiger partial charge in [0.1, 0.15) is 0 Å². The van der Waals surface area contributed by atoms with Crippen LogP contribution in [0, 0.1) is 21.4 Å². The summed E-state index contributed by atoms with van der Waals surface area (Å²) in [6.45, 7) is 0. The molecule has 0 aliphatic rings. The van der Waals surface area contributed by atoms with E-state index in [4.69, 9.17) is 5.26 Å². The van der Waals surface area contributed by atoms with Crippen LogP contribution in [0.1, 0.15) is 5.56 Å². The molecule has 0 aromatic carbocycles. The Bertz CT molecular complexity index is 539. The number of halogens is 3. The van der Waals surface area contributed by atoms with Crippen LogP contribution in [0.3, 0.4) is 0 Å². The highest BCUT2D eigenvalue weighted by Crippen LogP contribution is 2.35. The van der Waals surface area contributed by atoms with Crippen LogP contribution in [0.25, 0.3) is 0 Å². The second-order valence-corrected chi connectivity index (χ2v) is 3.12. The van der Waals surface area contributed by atoms with Crippen LogP contribution < -0.4 is 9.47 Å². The molecule has 0 unspecified atom stereocenters. The summed E-state index contributed by atoms with van der Waals surface area (Å²) in [5.41, 5.74) is -1.29. The van der Waals surface area contributed by atoms with Crippen molar-refractivity contribution >= 4 is 5.69 Å². The van der Waals surface area contributed by atoms with E-state index >= 15 is 0 Å². The molecular weight excluding hydrogens is 271 g/mol. The van der Waals surface area contributed by atoms with Crippen LogP contribution in [0.5, 0.6) is 11.8 Å². The lowest BCUT2D eigenvalue weighted by Gasteiger charge is -2.10. The molecule has 0 saturated carbocycles. The fourth-order valence-corrected chi connectivity index (χ4v) is 1.24. The van der Waals surface area contributed by atoms with Crippen molar-refractivity contribution in [2.45, 2.75) is 12.8 Å². The van der Waals surface area contributed by atoms with E-state index in [9.17, 15) is 23.3 Å². The van der Waals surface area contributed by atoms with Crippen molar-refractivity contribution in [3.8, 4) is 17.8 Å². The first-order valence-electron chi connectivity index (χ1n) is 4.63. The van der Waals surface area contributed by atoms with Gasteiger partial charge in [0.15, 0.2) is 0 Å². The van der Waals surface area contributed by atoms with E-state index < -0.39 is 29.3 Å². The van der Waals surface area contributed by atoms with Gasteiger partial charge in [-0.05, 0) is 0 Å². The predicted molar refractivity (Wildman–Crippen MR) is 53.4 cm³/mol. The van der Waals surface area contributed by atoms with Crippen LogP contribution in [0.4, 0.5) is 18.9 Å². The molecule has 102 valence electrons. The maximum Gasteiger partial charge on any atom is 0.574 e. The van der Waals surface area contributed by atoms with Crippen molar-refractivity contribution in [2.24, 2.45) is 0 Å². The number of aromatic nitrogens is 1. The molecule has 0 fully saturated rings. The van der Waals surface area contributed by atoms with Gasteiger partial charge in [0.25, 0.3) is 0 Å². The molecule has 0 atom stereocenters. The third-order valence-corrected chi connectivity index (χ3v) is 1.89. The van der Waals surface area contributed by atoms with Gasteiger partial charge in [-0.15, -0.1) is 13.2 Å². The molecule has 1 rings (SSSR count). The first-order chi connectivity index (χ1) is 8.78. The van der Waals surface area contributed by atoms with Crippen molar-refractivity contribution in [2.75, 3.05) is 7.11 Å². The molecule has 1 aromatic rings. The minimum atomic E-state index is -5.14. The number of nitro groups is 1. The van der Waals surface area contributed by atoms with E-state index in [1.165, 1.54) is 0 Å². The van der Waals surface area contributed by atoms with Gasteiger partial charge in [0.05, 0.1) is 30.1 Å². The number of methoxy groups -OCH3 is 1. The van der Waals surface area contributed by atoms with Gasteiger partial charge in [0, 0.05) is 6.07 Å². The third-order valence-electron chi connectivity index (χ3n) is 1.89. The Balaban J connectivity index is 3.44. The molecule has 7 nitrogen and oxygen atoms in total. The summed E-state index contributed by atoms with van der Waals surface area (Å²) in [5.74, 6) is -1.59. The topological polar surface area (TPSA) is 98.3 Å². The van der Waals surface area contributed by atoms with Crippen LogP contribution in [0.2, 0.25) is 0 Å². The van der Waals surface area contributed by atoms with Crippen LogP contribution in [-0.4, -0.2) is 23.4 Å². The summed E-state index contributed by atoms with van der Waals surface area (Å²) in [7, 11) is 1.11. The zero-order chi connectivity index (χ0) is 14.6. The second-order valence-electron chi connectivity index (χ2n) is 3.12. The number of hydrogen-bond donors (Lipinski definition) is 0. The summed E-state index contributed by atoms with van der Waals surface area (Å²) >= 11 is 0. The average molecular weight is 277 g/mol. The summed E-state index contributed by atoms with van der Waals surface area (Å²) in [4.78, 5) is 12.9. The Hall–Kier alpha value is -2.57. The Morgan fingerprint density at radius 3 is 2.63 bits per heavy atom. The Kier molecular flexibility index (Phi) is 4.11. The largest absolute Gasteiger partial charge is 0.574 e. The zero-order valence-electron chi connectivity index (χ0n) is 9.39. The minimum absolute atomic E-state index is 0.279. The minimum Gasteiger partial charge on any atom is -0.481 e. The lowest BCUT2D eigenvalue weighted by atomic mass is 10.1. The molecule has 1 aromatic heterocycles. The summed E-state index contributed by atoms with van der Waals surface area (Å²) in [5, 5.41) is 19.3. The van der Waals surface area contributed by atoms with Gasteiger partial charge >= 0.3 is 17.9 Å². The third kappa shape index (κ3) is 3.70. The lowest BCUT2D eigenvalue weighted by Crippen LogP contribution is -2.19. The second kappa shape index (κ2) is 5.38. The SMILES string of the molecule is COc1cc(CC#N)c([N+](=O)[O-])c(OC(F)(F)F)n1. The van der Waals surface area contributed by atoms with Gasteiger partial charge < -0.3 is 9.47 Å². The number of ether oxygens (including phenoxy) is 2. The fraction of sp³-hybridized carbons (Fsp3) is 0.333. The lowest BCUT2D eigenvalue weighted by molar-refractivity contribution is -0.389. The molecule has 10 heteroatoms. The Labute approximate surface area is 104 Å². The molecular formula is C9H6F3N3O4. The standard InChI is InChI=1S/C9H6F3N3O4/c1-18-6-4-5(2-3-13)7(15(16)17)8(14-6)19-9(10,11)12/h4H,2H2,1H3. The van der Waals surface area contributed by atoms with Crippen molar-refractivity contribution < 1.29 is 27.6 Å². The highest BCUT2D eigenvalue weighted by atomic mass is 19.4. The van der Waals surface area contributed by atoms with E-state index in [0.717, 1.165) is 13.2 Å². The summed E-state index contributed by atoms with van der Waals surface area (Å²) in [6, 6.07) is 2.60. The first kappa shape index (κ1) is 14.5. The van der Waals surface area contributed by atoms with Crippen molar-refractivity contribution in [1.29, 1.82) is 5.26 Å². The number of nitriles is 1. The number of pyridine rings is 1. The summed E-state index contributed by atoms with van der Waals surface area (Å²) in [6.07, 6.45) is -5.63. The zero-order valence-corrected chi connectivity index (χ0v) is 9.39. The number of hydrogen-bond acceptors (Lipinski definition) is 6. The normalized spacial score (nSPS) is 10.7. The van der Waals surface area contributed by atoms with Crippen molar-refractivity contribution in [3.63, 3.8) is 0 Å². The van der Waals surface area contributed by atoms with Crippen molar-refractivity contribution in [3.05, 3.63) is 21.7 Å².